The van der Waals surface area contributed by atoms with Crippen LogP contribution in [0.1, 0.15) is 6.92 Å². The van der Waals surface area contributed by atoms with Crippen LogP contribution in [0.15, 0.2) is 0 Å². The van der Waals surface area contributed by atoms with Gasteiger partial charge in [-0.2, -0.15) is 0 Å². The maximum absolute atomic E-state index is 11.3. The first kappa shape index (κ1) is 14.3. The van der Waals surface area contributed by atoms with Gasteiger partial charge < -0.3 is 19.7 Å². The van der Waals surface area contributed by atoms with Crippen LogP contribution in [0.25, 0.3) is 0 Å². The van der Waals surface area contributed by atoms with E-state index in [1.807, 2.05) is 25.9 Å². The molecule has 0 saturated carbocycles. The molecule has 0 saturated heterocycles. The summed E-state index contributed by atoms with van der Waals surface area (Å²) in [4.78, 5) is 13.3. The molecule has 0 fully saturated rings. The van der Waals surface area contributed by atoms with E-state index < -0.39 is 0 Å². The van der Waals surface area contributed by atoms with Gasteiger partial charge in [0.05, 0.1) is 13.2 Å². The van der Waals surface area contributed by atoms with Gasteiger partial charge in [-0.25, -0.2) is 0 Å². The number of hydrogen-bond donors (Lipinski definition) is 1. The molecule has 0 spiro atoms. The largest absolute Gasteiger partial charge is 0.382 e. The number of rotatable bonds is 8. The lowest BCUT2D eigenvalue weighted by molar-refractivity contribution is -0.126. The van der Waals surface area contributed by atoms with Crippen LogP contribution in [0, 0.1) is 0 Å². The molecule has 0 aromatic rings. The second kappa shape index (κ2) is 8.64. The van der Waals surface area contributed by atoms with E-state index in [4.69, 9.17) is 9.47 Å². The van der Waals surface area contributed by atoms with Gasteiger partial charge in [-0.05, 0) is 21.0 Å². The third-order valence-corrected chi connectivity index (χ3v) is 1.71. The molecule has 5 nitrogen and oxygen atoms in total. The molecule has 5 heteroatoms. The zero-order chi connectivity index (χ0) is 11.7. The number of carbonyl (C=O) groups is 1. The highest BCUT2D eigenvalue weighted by molar-refractivity contribution is 5.77. The van der Waals surface area contributed by atoms with E-state index in [1.54, 1.807) is 7.11 Å². The molecule has 0 radical (unpaired) electrons. The van der Waals surface area contributed by atoms with Crippen LogP contribution >= 0.6 is 0 Å². The normalized spacial score (nSPS) is 12.9. The topological polar surface area (TPSA) is 50.8 Å². The molecule has 1 unspecified atom stereocenters. The van der Waals surface area contributed by atoms with Crippen molar-refractivity contribution in [1.29, 1.82) is 0 Å². The Morgan fingerprint density at radius 1 is 1.40 bits per heavy atom. The summed E-state index contributed by atoms with van der Waals surface area (Å²) in [7, 11) is 5.54. The van der Waals surface area contributed by atoms with Gasteiger partial charge in [0.15, 0.2) is 0 Å². The monoisotopic (exact) mass is 218 g/mol. The Balaban J connectivity index is 3.47. The highest BCUT2D eigenvalue weighted by atomic mass is 16.5. The standard InChI is InChI=1S/C10H22N2O3/c1-9(7-12(2)3)11-10(13)8-15-6-5-14-4/h9H,5-8H2,1-4H3,(H,11,13). The van der Waals surface area contributed by atoms with Crippen molar-refractivity contribution in [3.63, 3.8) is 0 Å². The van der Waals surface area contributed by atoms with Crippen molar-refractivity contribution in [3.8, 4) is 0 Å². The third kappa shape index (κ3) is 9.65. The average molecular weight is 218 g/mol. The Morgan fingerprint density at radius 3 is 2.60 bits per heavy atom. The van der Waals surface area contributed by atoms with Crippen molar-refractivity contribution in [2.24, 2.45) is 0 Å². The maximum Gasteiger partial charge on any atom is 0.246 e. The molecule has 0 aliphatic heterocycles. The lowest BCUT2D eigenvalue weighted by Crippen LogP contribution is -2.41. The summed E-state index contributed by atoms with van der Waals surface area (Å²) in [6.45, 7) is 3.85. The summed E-state index contributed by atoms with van der Waals surface area (Å²) in [5, 5.41) is 2.84. The fourth-order valence-corrected chi connectivity index (χ4v) is 1.22. The number of amides is 1. The molecule has 0 aliphatic rings. The van der Waals surface area contributed by atoms with E-state index >= 15 is 0 Å². The first-order chi connectivity index (χ1) is 7.06. The SMILES string of the molecule is COCCOCC(=O)NC(C)CN(C)C. The number of likely N-dealkylation sites (N-methyl/N-ethyl adjacent to an activating group) is 1. The van der Waals surface area contributed by atoms with Crippen LogP contribution in [-0.2, 0) is 14.3 Å². The molecular weight excluding hydrogens is 196 g/mol. The van der Waals surface area contributed by atoms with Crippen molar-refractivity contribution in [3.05, 3.63) is 0 Å². The first-order valence-corrected chi connectivity index (χ1v) is 5.07. The lowest BCUT2D eigenvalue weighted by atomic mass is 10.3. The minimum absolute atomic E-state index is 0.0829. The second-order valence-corrected chi connectivity index (χ2v) is 3.78. The number of methoxy groups -OCH3 is 1. The summed E-state index contributed by atoms with van der Waals surface area (Å²) in [6, 6.07) is 0.138. The Labute approximate surface area is 91.7 Å². The van der Waals surface area contributed by atoms with Crippen LogP contribution < -0.4 is 5.32 Å². The van der Waals surface area contributed by atoms with Crippen LogP contribution in [0.5, 0.6) is 0 Å². The zero-order valence-electron chi connectivity index (χ0n) is 10.1. The minimum Gasteiger partial charge on any atom is -0.382 e. The first-order valence-electron chi connectivity index (χ1n) is 5.07. The van der Waals surface area contributed by atoms with Gasteiger partial charge in [-0.1, -0.05) is 0 Å². The van der Waals surface area contributed by atoms with Crippen LogP contribution in [0.3, 0.4) is 0 Å². The Bertz CT molecular complexity index is 174. The van der Waals surface area contributed by atoms with E-state index in [0.717, 1.165) is 6.54 Å². The van der Waals surface area contributed by atoms with Crippen molar-refractivity contribution in [2.45, 2.75) is 13.0 Å². The van der Waals surface area contributed by atoms with Crippen LogP contribution in [-0.4, -0.2) is 64.4 Å². The lowest BCUT2D eigenvalue weighted by Gasteiger charge is -2.18. The fourth-order valence-electron chi connectivity index (χ4n) is 1.22. The van der Waals surface area contributed by atoms with Gasteiger partial charge in [0.25, 0.3) is 0 Å². The highest BCUT2D eigenvalue weighted by Crippen LogP contribution is 1.85. The van der Waals surface area contributed by atoms with E-state index in [9.17, 15) is 4.79 Å². The summed E-state index contributed by atoms with van der Waals surface area (Å²) >= 11 is 0. The average Bonchev–Trinajstić information content (AvgIpc) is 2.10. The molecule has 0 bridgehead atoms. The molecule has 90 valence electrons. The summed E-state index contributed by atoms with van der Waals surface area (Å²) in [5.74, 6) is -0.0829. The summed E-state index contributed by atoms with van der Waals surface area (Å²) in [5.41, 5.74) is 0. The van der Waals surface area contributed by atoms with Crippen molar-refractivity contribution >= 4 is 5.91 Å². The molecule has 1 N–H and O–H groups in total. The Hall–Kier alpha value is -0.650. The van der Waals surface area contributed by atoms with Crippen LogP contribution in [0.2, 0.25) is 0 Å². The number of nitrogens with zero attached hydrogens (tertiary/aromatic N) is 1. The number of ether oxygens (including phenoxy) is 2. The van der Waals surface area contributed by atoms with Gasteiger partial charge in [-0.3, -0.25) is 4.79 Å². The van der Waals surface area contributed by atoms with Crippen molar-refractivity contribution in [2.75, 3.05) is 47.6 Å². The molecule has 1 atom stereocenters. The van der Waals surface area contributed by atoms with Gasteiger partial charge in [0, 0.05) is 19.7 Å². The second-order valence-electron chi connectivity index (χ2n) is 3.78. The molecule has 15 heavy (non-hydrogen) atoms. The Morgan fingerprint density at radius 2 is 2.07 bits per heavy atom. The predicted octanol–water partition coefficient (Wildman–Crippen LogP) is -0.284. The molecule has 0 aromatic heterocycles. The van der Waals surface area contributed by atoms with Gasteiger partial charge in [0.1, 0.15) is 6.61 Å². The van der Waals surface area contributed by atoms with E-state index in [-0.39, 0.29) is 18.6 Å². The van der Waals surface area contributed by atoms with E-state index in [0.29, 0.717) is 13.2 Å². The smallest absolute Gasteiger partial charge is 0.246 e. The molecule has 0 heterocycles. The van der Waals surface area contributed by atoms with Gasteiger partial charge in [-0.15, -0.1) is 0 Å². The molecule has 1 amide bonds. The molecule has 0 aliphatic carbocycles. The number of carbonyl (C=O) groups excluding carboxylic acids is 1. The Kier molecular flexibility index (Phi) is 8.27. The molecule has 0 rings (SSSR count). The predicted molar refractivity (Wildman–Crippen MR) is 58.9 cm³/mol. The molecular formula is C10H22N2O3. The van der Waals surface area contributed by atoms with Crippen LogP contribution in [0.4, 0.5) is 0 Å². The molecule has 0 aromatic carbocycles. The van der Waals surface area contributed by atoms with Gasteiger partial charge in [0.2, 0.25) is 5.91 Å². The minimum atomic E-state index is -0.0829. The summed E-state index contributed by atoms with van der Waals surface area (Å²) < 4.78 is 9.89. The maximum atomic E-state index is 11.3. The fraction of sp³-hybridized carbons (Fsp3) is 0.900. The van der Waals surface area contributed by atoms with E-state index in [1.165, 1.54) is 0 Å². The van der Waals surface area contributed by atoms with E-state index in [2.05, 4.69) is 5.32 Å². The zero-order valence-corrected chi connectivity index (χ0v) is 10.1. The number of hydrogen-bond acceptors (Lipinski definition) is 4. The quantitative estimate of drug-likeness (QED) is 0.569. The third-order valence-electron chi connectivity index (χ3n) is 1.71. The van der Waals surface area contributed by atoms with Crippen molar-refractivity contribution in [1.82, 2.24) is 10.2 Å². The summed E-state index contributed by atoms with van der Waals surface area (Å²) in [6.07, 6.45) is 0. The van der Waals surface area contributed by atoms with Gasteiger partial charge >= 0.3 is 0 Å². The highest BCUT2D eigenvalue weighted by Gasteiger charge is 2.07. The van der Waals surface area contributed by atoms with Crippen molar-refractivity contribution < 1.29 is 14.3 Å². The number of nitrogens with one attached hydrogen (secondary N) is 1.